The molecule has 2 aromatic heterocycles. The van der Waals surface area contributed by atoms with E-state index in [0.717, 1.165) is 28.7 Å². The predicted octanol–water partition coefficient (Wildman–Crippen LogP) is 3.17. The van der Waals surface area contributed by atoms with E-state index in [9.17, 15) is 10.2 Å². The summed E-state index contributed by atoms with van der Waals surface area (Å²) >= 11 is 0. The molecule has 0 aliphatic rings. The van der Waals surface area contributed by atoms with Gasteiger partial charge in [0.1, 0.15) is 12.4 Å². The fraction of sp³-hybridized carbons (Fsp3) is 0.238. The van der Waals surface area contributed by atoms with Gasteiger partial charge in [-0.25, -0.2) is 4.57 Å². The van der Waals surface area contributed by atoms with Crippen molar-refractivity contribution < 1.29 is 24.7 Å². The number of aromatic hydroxyl groups is 1. The third kappa shape index (κ3) is 3.44. The number of hydrogen-bond acceptors (Lipinski definition) is 3. The molecule has 2 heterocycles. The second kappa shape index (κ2) is 7.25. The van der Waals surface area contributed by atoms with Crippen LogP contribution in [0.4, 0.5) is 0 Å². The molecule has 6 heteroatoms. The molecule has 140 valence electrons. The van der Waals surface area contributed by atoms with E-state index in [1.54, 1.807) is 6.07 Å². The van der Waals surface area contributed by atoms with Crippen molar-refractivity contribution in [2.24, 2.45) is 0 Å². The highest BCUT2D eigenvalue weighted by Gasteiger charge is 2.16. The van der Waals surface area contributed by atoms with E-state index in [2.05, 4.69) is 31.1 Å². The summed E-state index contributed by atoms with van der Waals surface area (Å²) in [7, 11) is 0. The summed E-state index contributed by atoms with van der Waals surface area (Å²) < 4.78 is 2.01. The van der Waals surface area contributed by atoms with E-state index < -0.39 is 5.97 Å². The highest BCUT2D eigenvalue weighted by atomic mass is 16.4. The maximum absolute atomic E-state index is 9.85. The van der Waals surface area contributed by atoms with Gasteiger partial charge in [-0.2, -0.15) is 0 Å². The van der Waals surface area contributed by atoms with Gasteiger partial charge in [0.15, 0.2) is 18.9 Å². The second-order valence-corrected chi connectivity index (χ2v) is 6.61. The van der Waals surface area contributed by atoms with E-state index in [1.807, 2.05) is 22.9 Å². The van der Waals surface area contributed by atoms with Crippen molar-refractivity contribution in [2.75, 3.05) is 6.61 Å². The van der Waals surface area contributed by atoms with Crippen molar-refractivity contribution in [3.8, 4) is 5.75 Å². The summed E-state index contributed by atoms with van der Waals surface area (Å²) in [6, 6.07) is 7.55. The number of fused-ring (bicyclic) bond motifs is 4. The third-order valence-corrected chi connectivity index (χ3v) is 4.72. The summed E-state index contributed by atoms with van der Waals surface area (Å²) in [4.78, 5) is 12.5. The number of aliphatic hydroxyl groups is 1. The number of H-pyrrole nitrogens is 1. The number of aliphatic hydroxyl groups excluding tert-OH is 1. The first-order chi connectivity index (χ1) is 12.8. The zero-order chi connectivity index (χ0) is 19.7. The number of carbonyl (C=O) groups is 1. The molecule has 0 saturated heterocycles. The van der Waals surface area contributed by atoms with Crippen molar-refractivity contribution in [1.29, 1.82) is 0 Å². The first kappa shape index (κ1) is 18.7. The van der Waals surface area contributed by atoms with Crippen LogP contribution in [0.2, 0.25) is 0 Å². The molecule has 0 amide bonds. The molecule has 0 aliphatic carbocycles. The average molecular weight is 367 g/mol. The minimum absolute atomic E-state index is 0.122. The number of carboxylic acid groups (broad SMARTS) is 1. The molecule has 4 aromatic rings. The van der Waals surface area contributed by atoms with Crippen LogP contribution in [-0.2, 0) is 11.3 Å². The molecule has 4 N–H and O–H groups in total. The van der Waals surface area contributed by atoms with Crippen molar-refractivity contribution in [3.05, 3.63) is 47.8 Å². The number of rotatable bonds is 2. The highest BCUT2D eigenvalue weighted by Crippen LogP contribution is 2.36. The molecule has 0 radical (unpaired) electrons. The number of phenols is 1. The lowest BCUT2D eigenvalue weighted by Crippen LogP contribution is -2.34. The SMILES string of the molecule is CC(=O)O.Cc1c2cc[n+](CCO)cc2c(C)c2c1[nH]c1ccc(O)cc12. The Morgan fingerprint density at radius 1 is 1.11 bits per heavy atom. The molecular formula is C21H23N2O4+. The van der Waals surface area contributed by atoms with Crippen LogP contribution in [0, 0.1) is 13.8 Å². The summed E-state index contributed by atoms with van der Waals surface area (Å²) in [5.41, 5.74) is 4.54. The van der Waals surface area contributed by atoms with Crippen LogP contribution in [0.3, 0.4) is 0 Å². The van der Waals surface area contributed by atoms with Crippen molar-refractivity contribution in [3.63, 3.8) is 0 Å². The quantitative estimate of drug-likeness (QED) is 0.409. The number of nitrogens with zero attached hydrogens (tertiary/aromatic N) is 1. The Morgan fingerprint density at radius 3 is 2.48 bits per heavy atom. The normalized spacial score (nSPS) is 11.0. The van der Waals surface area contributed by atoms with Crippen molar-refractivity contribution >= 4 is 38.5 Å². The molecule has 0 saturated carbocycles. The van der Waals surface area contributed by atoms with Crippen LogP contribution >= 0.6 is 0 Å². The second-order valence-electron chi connectivity index (χ2n) is 6.61. The molecule has 6 nitrogen and oxygen atoms in total. The summed E-state index contributed by atoms with van der Waals surface area (Å²) in [5, 5.41) is 31.0. The van der Waals surface area contributed by atoms with E-state index in [0.29, 0.717) is 6.54 Å². The molecule has 0 atom stereocenters. The Kier molecular flexibility index (Phi) is 5.01. The number of aryl methyl sites for hydroxylation is 2. The number of carboxylic acids is 1. The van der Waals surface area contributed by atoms with Gasteiger partial charge in [-0.05, 0) is 48.6 Å². The molecule has 0 fully saturated rings. The number of hydrogen-bond donors (Lipinski definition) is 4. The Hall–Kier alpha value is -3.12. The molecule has 0 spiro atoms. The van der Waals surface area contributed by atoms with Gasteiger partial charge in [0.2, 0.25) is 0 Å². The predicted molar refractivity (Wildman–Crippen MR) is 105 cm³/mol. The monoisotopic (exact) mass is 367 g/mol. The van der Waals surface area contributed by atoms with E-state index >= 15 is 0 Å². The molecular weight excluding hydrogens is 344 g/mol. The number of aliphatic carboxylic acids is 1. The summed E-state index contributed by atoms with van der Waals surface area (Å²) in [6.45, 7) is 6.03. The zero-order valence-corrected chi connectivity index (χ0v) is 15.6. The van der Waals surface area contributed by atoms with Crippen molar-refractivity contribution in [1.82, 2.24) is 4.98 Å². The molecule has 2 aromatic carbocycles. The van der Waals surface area contributed by atoms with Gasteiger partial charge in [0.25, 0.3) is 5.97 Å². The largest absolute Gasteiger partial charge is 0.508 e. The third-order valence-electron chi connectivity index (χ3n) is 4.72. The van der Waals surface area contributed by atoms with Crippen LogP contribution < -0.4 is 4.57 Å². The topological polar surface area (TPSA) is 97.4 Å². The van der Waals surface area contributed by atoms with Crippen LogP contribution in [0.25, 0.3) is 32.6 Å². The van der Waals surface area contributed by atoms with Gasteiger partial charge in [-0.15, -0.1) is 0 Å². The van der Waals surface area contributed by atoms with E-state index in [-0.39, 0.29) is 12.4 Å². The number of benzene rings is 2. The van der Waals surface area contributed by atoms with Gasteiger partial charge in [-0.3, -0.25) is 4.79 Å². The average Bonchev–Trinajstić information content (AvgIpc) is 2.98. The Bertz CT molecular complexity index is 1160. The fourth-order valence-electron chi connectivity index (χ4n) is 3.54. The number of nitrogens with one attached hydrogen (secondary N) is 1. The number of phenolic OH excluding ortho intramolecular Hbond substituents is 1. The van der Waals surface area contributed by atoms with Gasteiger partial charge >= 0.3 is 0 Å². The summed E-state index contributed by atoms with van der Waals surface area (Å²) in [5.74, 6) is -0.557. The standard InChI is InChI=1S/C19H18N2O2.C2H4O2/c1-11-16-10-21(7-8-22)6-5-14(16)12(2)19-18(11)15-9-13(23)3-4-17(15)20-19;1-2(3)4/h3-6,9-10,22-23H,7-8H2,1-2H3;1H3,(H,3,4)/p+1. The minimum Gasteiger partial charge on any atom is -0.508 e. The lowest BCUT2D eigenvalue weighted by Gasteiger charge is -2.08. The summed E-state index contributed by atoms with van der Waals surface area (Å²) in [6.07, 6.45) is 4.10. The van der Waals surface area contributed by atoms with Gasteiger partial charge in [0, 0.05) is 34.7 Å². The molecule has 4 rings (SSSR count). The first-order valence-electron chi connectivity index (χ1n) is 8.70. The van der Waals surface area contributed by atoms with E-state index in [1.165, 1.54) is 21.9 Å². The van der Waals surface area contributed by atoms with Gasteiger partial charge < -0.3 is 20.3 Å². The lowest BCUT2D eigenvalue weighted by atomic mass is 9.97. The number of pyridine rings is 1. The molecule has 27 heavy (non-hydrogen) atoms. The van der Waals surface area contributed by atoms with Crippen molar-refractivity contribution in [2.45, 2.75) is 27.3 Å². The molecule has 0 unspecified atom stereocenters. The van der Waals surface area contributed by atoms with Crippen LogP contribution in [0.15, 0.2) is 36.7 Å². The lowest BCUT2D eigenvalue weighted by molar-refractivity contribution is -0.696. The maximum atomic E-state index is 9.85. The number of aromatic amines is 1. The number of aromatic nitrogens is 2. The van der Waals surface area contributed by atoms with Crippen LogP contribution in [0.5, 0.6) is 5.75 Å². The van der Waals surface area contributed by atoms with E-state index in [4.69, 9.17) is 9.90 Å². The van der Waals surface area contributed by atoms with Crippen LogP contribution in [-0.4, -0.2) is 32.9 Å². The Balaban J connectivity index is 0.000000481. The minimum atomic E-state index is -0.833. The Labute approximate surface area is 156 Å². The molecule has 0 bridgehead atoms. The highest BCUT2D eigenvalue weighted by molar-refractivity contribution is 6.16. The van der Waals surface area contributed by atoms with Gasteiger partial charge in [0.05, 0.1) is 5.52 Å². The maximum Gasteiger partial charge on any atom is 0.300 e. The zero-order valence-electron chi connectivity index (χ0n) is 15.6. The van der Waals surface area contributed by atoms with Gasteiger partial charge in [-0.1, -0.05) is 0 Å². The van der Waals surface area contributed by atoms with Crippen LogP contribution in [0.1, 0.15) is 18.1 Å². The fourth-order valence-corrected chi connectivity index (χ4v) is 3.54. The Morgan fingerprint density at radius 2 is 1.81 bits per heavy atom. The first-order valence-corrected chi connectivity index (χ1v) is 8.70. The smallest absolute Gasteiger partial charge is 0.300 e. The molecule has 0 aliphatic heterocycles.